The Labute approximate surface area is 110 Å². The summed E-state index contributed by atoms with van der Waals surface area (Å²) in [5, 5.41) is 4.92. The number of rotatable bonds is 2. The summed E-state index contributed by atoms with van der Waals surface area (Å²) in [5.41, 5.74) is 2.89. The molecule has 0 aliphatic heterocycles. The van der Waals surface area contributed by atoms with Crippen molar-refractivity contribution in [1.82, 2.24) is 4.98 Å². The van der Waals surface area contributed by atoms with Gasteiger partial charge in [0, 0.05) is 11.1 Å². The average Bonchev–Trinajstić information content (AvgIpc) is 2.40. The highest BCUT2D eigenvalue weighted by molar-refractivity contribution is 6.30. The van der Waals surface area contributed by atoms with Crippen molar-refractivity contribution < 1.29 is 0 Å². The zero-order valence-corrected chi connectivity index (χ0v) is 10.4. The van der Waals surface area contributed by atoms with Crippen LogP contribution in [-0.2, 0) is 0 Å². The number of nitrogens with one attached hydrogen (secondary N) is 1. The largest absolute Gasteiger partial charge is 0.355 e. The van der Waals surface area contributed by atoms with E-state index in [1.165, 1.54) is 0 Å². The lowest BCUT2D eigenvalue weighted by Crippen LogP contribution is -1.92. The first-order valence-corrected chi connectivity index (χ1v) is 6.08. The van der Waals surface area contributed by atoms with Gasteiger partial charge in [-0.1, -0.05) is 48.0 Å². The zero-order chi connectivity index (χ0) is 12.4. The Balaban J connectivity index is 2.11. The Morgan fingerprint density at radius 2 is 1.61 bits per heavy atom. The van der Waals surface area contributed by atoms with E-state index in [9.17, 15) is 0 Å². The Kier molecular flexibility index (Phi) is 2.87. The van der Waals surface area contributed by atoms with Gasteiger partial charge in [0.1, 0.15) is 5.15 Å². The Bertz CT molecular complexity index is 680. The quantitative estimate of drug-likeness (QED) is 0.675. The number of hydrogen-bond donors (Lipinski definition) is 1. The molecule has 3 aromatic rings. The standard InChI is InChI=1S/C15H11ClN2/c16-15-10-14(17-11-6-2-1-3-7-11)12-8-4-5-9-13(12)18-15/h1-10H,(H,17,18). The number of anilines is 2. The normalized spacial score (nSPS) is 10.5. The molecule has 88 valence electrons. The smallest absolute Gasteiger partial charge is 0.131 e. The lowest BCUT2D eigenvalue weighted by molar-refractivity contribution is 1.40. The summed E-state index contributed by atoms with van der Waals surface area (Å²) in [6, 6.07) is 19.8. The predicted octanol–water partition coefficient (Wildman–Crippen LogP) is 4.63. The molecule has 18 heavy (non-hydrogen) atoms. The lowest BCUT2D eigenvalue weighted by atomic mass is 10.2. The number of halogens is 1. The predicted molar refractivity (Wildman–Crippen MR) is 76.5 cm³/mol. The van der Waals surface area contributed by atoms with Crippen LogP contribution < -0.4 is 5.32 Å². The van der Waals surface area contributed by atoms with Crippen LogP contribution in [0.1, 0.15) is 0 Å². The third-order valence-electron chi connectivity index (χ3n) is 2.74. The summed E-state index contributed by atoms with van der Waals surface area (Å²) in [6.45, 7) is 0. The van der Waals surface area contributed by atoms with Gasteiger partial charge in [0.2, 0.25) is 0 Å². The molecule has 3 heteroatoms. The van der Waals surface area contributed by atoms with Gasteiger partial charge < -0.3 is 5.32 Å². The molecule has 2 nitrogen and oxygen atoms in total. The highest BCUT2D eigenvalue weighted by Crippen LogP contribution is 2.27. The molecule has 0 radical (unpaired) electrons. The van der Waals surface area contributed by atoms with Gasteiger partial charge in [0.05, 0.1) is 11.2 Å². The van der Waals surface area contributed by atoms with Crippen LogP contribution in [0.5, 0.6) is 0 Å². The highest BCUT2D eigenvalue weighted by atomic mass is 35.5. The second kappa shape index (κ2) is 4.67. The lowest BCUT2D eigenvalue weighted by Gasteiger charge is -2.09. The second-order valence-electron chi connectivity index (χ2n) is 4.00. The van der Waals surface area contributed by atoms with Crippen molar-refractivity contribution >= 4 is 33.9 Å². The molecule has 1 heterocycles. The number of para-hydroxylation sites is 2. The molecule has 0 aliphatic rings. The van der Waals surface area contributed by atoms with E-state index in [-0.39, 0.29) is 0 Å². The molecule has 0 atom stereocenters. The van der Waals surface area contributed by atoms with E-state index < -0.39 is 0 Å². The topological polar surface area (TPSA) is 24.9 Å². The van der Waals surface area contributed by atoms with Gasteiger partial charge in [-0.25, -0.2) is 4.98 Å². The third kappa shape index (κ3) is 2.15. The second-order valence-corrected chi connectivity index (χ2v) is 4.39. The Morgan fingerprint density at radius 1 is 0.889 bits per heavy atom. The van der Waals surface area contributed by atoms with Gasteiger partial charge in [-0.05, 0) is 24.3 Å². The molecule has 0 spiro atoms. The minimum Gasteiger partial charge on any atom is -0.355 e. The third-order valence-corrected chi connectivity index (χ3v) is 2.93. The van der Waals surface area contributed by atoms with Crippen molar-refractivity contribution in [2.45, 2.75) is 0 Å². The van der Waals surface area contributed by atoms with Gasteiger partial charge in [0.25, 0.3) is 0 Å². The van der Waals surface area contributed by atoms with Gasteiger partial charge >= 0.3 is 0 Å². The summed E-state index contributed by atoms with van der Waals surface area (Å²) >= 11 is 6.04. The van der Waals surface area contributed by atoms with Gasteiger partial charge in [-0.15, -0.1) is 0 Å². The van der Waals surface area contributed by atoms with Crippen molar-refractivity contribution in [3.05, 3.63) is 65.8 Å². The average molecular weight is 255 g/mol. The fourth-order valence-corrected chi connectivity index (χ4v) is 2.12. The maximum absolute atomic E-state index is 6.04. The molecule has 0 bridgehead atoms. The molecule has 0 saturated carbocycles. The molecule has 1 N–H and O–H groups in total. The summed E-state index contributed by atoms with van der Waals surface area (Å²) in [6.07, 6.45) is 0. The Morgan fingerprint density at radius 3 is 2.44 bits per heavy atom. The van der Waals surface area contributed by atoms with Crippen molar-refractivity contribution in [3.8, 4) is 0 Å². The Hall–Kier alpha value is -2.06. The number of nitrogens with zero attached hydrogens (tertiary/aromatic N) is 1. The van der Waals surface area contributed by atoms with Crippen LogP contribution in [0, 0.1) is 0 Å². The van der Waals surface area contributed by atoms with E-state index in [1.807, 2.05) is 60.7 Å². The first kappa shape index (κ1) is 11.1. The summed E-state index contributed by atoms with van der Waals surface area (Å²) < 4.78 is 0. The van der Waals surface area contributed by atoms with E-state index in [0.717, 1.165) is 22.3 Å². The molecule has 2 aromatic carbocycles. The van der Waals surface area contributed by atoms with Crippen LogP contribution in [0.2, 0.25) is 5.15 Å². The summed E-state index contributed by atoms with van der Waals surface area (Å²) in [4.78, 5) is 4.30. The first-order valence-electron chi connectivity index (χ1n) is 5.70. The molecule has 1 aromatic heterocycles. The molecule has 0 unspecified atom stereocenters. The van der Waals surface area contributed by atoms with E-state index in [0.29, 0.717) is 5.15 Å². The van der Waals surface area contributed by atoms with E-state index >= 15 is 0 Å². The summed E-state index contributed by atoms with van der Waals surface area (Å²) in [5.74, 6) is 0. The molecular weight excluding hydrogens is 244 g/mol. The number of pyridine rings is 1. The number of fused-ring (bicyclic) bond motifs is 1. The summed E-state index contributed by atoms with van der Waals surface area (Å²) in [7, 11) is 0. The van der Waals surface area contributed by atoms with Crippen LogP contribution in [0.15, 0.2) is 60.7 Å². The molecule has 0 fully saturated rings. The maximum atomic E-state index is 6.04. The van der Waals surface area contributed by atoms with Crippen LogP contribution in [-0.4, -0.2) is 4.98 Å². The van der Waals surface area contributed by atoms with Crippen LogP contribution >= 0.6 is 11.6 Å². The monoisotopic (exact) mass is 254 g/mol. The van der Waals surface area contributed by atoms with E-state index in [1.54, 1.807) is 0 Å². The molecule has 0 amide bonds. The van der Waals surface area contributed by atoms with Gasteiger partial charge in [-0.3, -0.25) is 0 Å². The fourth-order valence-electron chi connectivity index (χ4n) is 1.92. The van der Waals surface area contributed by atoms with Crippen LogP contribution in [0.25, 0.3) is 10.9 Å². The van der Waals surface area contributed by atoms with Crippen molar-refractivity contribution in [2.75, 3.05) is 5.32 Å². The van der Waals surface area contributed by atoms with Crippen molar-refractivity contribution in [3.63, 3.8) is 0 Å². The number of hydrogen-bond acceptors (Lipinski definition) is 2. The minimum atomic E-state index is 0.493. The molecule has 0 aliphatic carbocycles. The first-order chi connectivity index (χ1) is 8.83. The van der Waals surface area contributed by atoms with E-state index in [4.69, 9.17) is 11.6 Å². The molecule has 0 saturated heterocycles. The zero-order valence-electron chi connectivity index (χ0n) is 9.60. The van der Waals surface area contributed by atoms with E-state index in [2.05, 4.69) is 10.3 Å². The molecular formula is C15H11ClN2. The fraction of sp³-hybridized carbons (Fsp3) is 0. The number of aromatic nitrogens is 1. The van der Waals surface area contributed by atoms with Gasteiger partial charge in [-0.2, -0.15) is 0 Å². The highest BCUT2D eigenvalue weighted by Gasteiger charge is 2.04. The molecule has 3 rings (SSSR count). The van der Waals surface area contributed by atoms with Crippen molar-refractivity contribution in [1.29, 1.82) is 0 Å². The van der Waals surface area contributed by atoms with Crippen LogP contribution in [0.3, 0.4) is 0 Å². The maximum Gasteiger partial charge on any atom is 0.131 e. The van der Waals surface area contributed by atoms with Crippen molar-refractivity contribution in [2.24, 2.45) is 0 Å². The van der Waals surface area contributed by atoms with Gasteiger partial charge in [0.15, 0.2) is 0 Å². The number of benzene rings is 2. The van der Waals surface area contributed by atoms with Crippen LogP contribution in [0.4, 0.5) is 11.4 Å². The minimum absolute atomic E-state index is 0.493. The SMILES string of the molecule is Clc1cc(Nc2ccccc2)c2ccccc2n1.